The van der Waals surface area contributed by atoms with E-state index in [-0.39, 0.29) is 5.91 Å². The van der Waals surface area contributed by atoms with E-state index in [9.17, 15) is 4.79 Å². The van der Waals surface area contributed by atoms with Crippen molar-refractivity contribution in [3.63, 3.8) is 0 Å². The number of carbonyl (C=O) groups is 1. The Morgan fingerprint density at radius 3 is 3.10 bits per heavy atom. The minimum atomic E-state index is -0.219. The maximum atomic E-state index is 11.1. The fraction of sp³-hybridized carbons (Fsp3) is 0.643. The van der Waals surface area contributed by atoms with E-state index in [2.05, 4.69) is 20.2 Å². The molecular weight excluding hydrogens is 286 g/mol. The molecule has 1 amide bonds. The van der Waals surface area contributed by atoms with Crippen LogP contribution < -0.4 is 11.1 Å². The maximum Gasteiger partial charge on any atom is 0.217 e. The van der Waals surface area contributed by atoms with Crippen LogP contribution in [-0.4, -0.2) is 41.9 Å². The van der Waals surface area contributed by atoms with Crippen molar-refractivity contribution in [2.75, 3.05) is 20.1 Å². The first kappa shape index (κ1) is 15.8. The van der Waals surface area contributed by atoms with E-state index < -0.39 is 0 Å². The summed E-state index contributed by atoms with van der Waals surface area (Å²) in [5, 5.41) is 6.45. The summed E-state index contributed by atoms with van der Waals surface area (Å²) in [6.45, 7) is 4.47. The van der Waals surface area contributed by atoms with Crippen molar-refractivity contribution in [3.8, 4) is 0 Å². The van der Waals surface area contributed by atoms with Crippen molar-refractivity contribution >= 4 is 23.2 Å². The molecule has 116 valence electrons. The third-order valence-electron chi connectivity index (χ3n) is 3.58. The Morgan fingerprint density at radius 2 is 2.48 bits per heavy atom. The number of rotatable bonds is 4. The normalized spacial score (nSPS) is 19.6. The zero-order chi connectivity index (χ0) is 15.2. The molecule has 1 aromatic rings. The van der Waals surface area contributed by atoms with Gasteiger partial charge >= 0.3 is 0 Å². The fourth-order valence-corrected chi connectivity index (χ4v) is 3.39. The third-order valence-corrected chi connectivity index (χ3v) is 4.55. The van der Waals surface area contributed by atoms with Crippen LogP contribution >= 0.6 is 11.3 Å². The molecule has 21 heavy (non-hydrogen) atoms. The lowest BCUT2D eigenvalue weighted by Crippen LogP contribution is -2.46. The van der Waals surface area contributed by atoms with Crippen molar-refractivity contribution in [2.24, 2.45) is 16.6 Å². The molecule has 2 rings (SSSR count). The van der Waals surface area contributed by atoms with Crippen LogP contribution in [0.4, 0.5) is 0 Å². The SMILES string of the molecule is CN=C(NCc1nc(C)cs1)N1CCCC(CC(N)=O)C1. The number of nitrogens with one attached hydrogen (secondary N) is 1. The average molecular weight is 309 g/mol. The second-order valence-corrected chi connectivity index (χ2v) is 6.35. The van der Waals surface area contributed by atoms with Crippen LogP contribution in [0.25, 0.3) is 0 Å². The Morgan fingerprint density at radius 1 is 1.67 bits per heavy atom. The van der Waals surface area contributed by atoms with Crippen LogP contribution in [0, 0.1) is 12.8 Å². The Hall–Kier alpha value is -1.63. The average Bonchev–Trinajstić information content (AvgIpc) is 2.85. The summed E-state index contributed by atoms with van der Waals surface area (Å²) in [4.78, 5) is 22.1. The number of amides is 1. The number of aryl methyl sites for hydroxylation is 1. The van der Waals surface area contributed by atoms with Gasteiger partial charge in [0.1, 0.15) is 5.01 Å². The van der Waals surface area contributed by atoms with Gasteiger partial charge in [0.15, 0.2) is 5.96 Å². The molecule has 1 aromatic heterocycles. The van der Waals surface area contributed by atoms with Crippen molar-refractivity contribution in [2.45, 2.75) is 32.7 Å². The predicted molar refractivity (Wildman–Crippen MR) is 85.2 cm³/mol. The highest BCUT2D eigenvalue weighted by atomic mass is 32.1. The van der Waals surface area contributed by atoms with E-state index in [1.165, 1.54) is 0 Å². The van der Waals surface area contributed by atoms with Gasteiger partial charge in [0.25, 0.3) is 0 Å². The number of aromatic nitrogens is 1. The Bertz CT molecular complexity index is 513. The van der Waals surface area contributed by atoms with Crippen LogP contribution in [0.5, 0.6) is 0 Å². The van der Waals surface area contributed by atoms with Crippen LogP contribution in [0.15, 0.2) is 10.4 Å². The number of aliphatic imine (C=N–C) groups is 1. The summed E-state index contributed by atoms with van der Waals surface area (Å²) in [5.74, 6) is 0.983. The molecular formula is C14H23N5OS. The monoisotopic (exact) mass is 309 g/mol. The number of hydrogen-bond acceptors (Lipinski definition) is 4. The fourth-order valence-electron chi connectivity index (χ4n) is 2.68. The lowest BCUT2D eigenvalue weighted by Gasteiger charge is -2.34. The summed E-state index contributed by atoms with van der Waals surface area (Å²) in [5.41, 5.74) is 6.35. The number of piperidine rings is 1. The van der Waals surface area contributed by atoms with Crippen molar-refractivity contribution in [3.05, 3.63) is 16.1 Å². The lowest BCUT2D eigenvalue weighted by atomic mass is 9.95. The molecule has 0 saturated carbocycles. The Balaban J connectivity index is 1.89. The van der Waals surface area contributed by atoms with Gasteiger partial charge in [-0.05, 0) is 25.7 Å². The van der Waals surface area contributed by atoms with Gasteiger partial charge in [0.2, 0.25) is 5.91 Å². The molecule has 1 saturated heterocycles. The number of likely N-dealkylation sites (tertiary alicyclic amines) is 1. The number of guanidine groups is 1. The lowest BCUT2D eigenvalue weighted by molar-refractivity contribution is -0.119. The first-order chi connectivity index (χ1) is 10.1. The smallest absolute Gasteiger partial charge is 0.217 e. The highest BCUT2D eigenvalue weighted by molar-refractivity contribution is 7.09. The van der Waals surface area contributed by atoms with E-state index in [1.807, 2.05) is 12.3 Å². The van der Waals surface area contributed by atoms with E-state index in [1.54, 1.807) is 18.4 Å². The zero-order valence-electron chi connectivity index (χ0n) is 12.6. The molecule has 3 N–H and O–H groups in total. The molecule has 0 spiro atoms. The zero-order valence-corrected chi connectivity index (χ0v) is 13.4. The minimum Gasteiger partial charge on any atom is -0.370 e. The summed E-state index contributed by atoms with van der Waals surface area (Å²) in [6, 6.07) is 0. The van der Waals surface area contributed by atoms with Crippen LogP contribution in [0.2, 0.25) is 0 Å². The number of carbonyl (C=O) groups excluding carboxylic acids is 1. The Labute approximate surface area is 129 Å². The van der Waals surface area contributed by atoms with E-state index >= 15 is 0 Å². The summed E-state index contributed by atoms with van der Waals surface area (Å²) >= 11 is 1.65. The number of primary amides is 1. The van der Waals surface area contributed by atoms with Gasteiger partial charge in [-0.25, -0.2) is 4.98 Å². The standard InChI is InChI=1S/C14H23N5OS/c1-10-9-21-13(18-10)7-17-14(16-2)19-5-3-4-11(8-19)6-12(15)20/h9,11H,3-8H2,1-2H3,(H2,15,20)(H,16,17). The van der Waals surface area contributed by atoms with E-state index in [0.717, 1.165) is 42.6 Å². The van der Waals surface area contributed by atoms with Gasteiger partial charge in [0, 0.05) is 37.6 Å². The van der Waals surface area contributed by atoms with Gasteiger partial charge in [-0.3, -0.25) is 9.79 Å². The van der Waals surface area contributed by atoms with Crippen molar-refractivity contribution in [1.82, 2.24) is 15.2 Å². The molecule has 7 heteroatoms. The molecule has 0 aromatic carbocycles. The van der Waals surface area contributed by atoms with Crippen LogP contribution in [-0.2, 0) is 11.3 Å². The summed E-state index contributed by atoms with van der Waals surface area (Å²) in [6.07, 6.45) is 2.58. The highest BCUT2D eigenvalue weighted by Gasteiger charge is 2.23. The summed E-state index contributed by atoms with van der Waals surface area (Å²) in [7, 11) is 1.78. The minimum absolute atomic E-state index is 0.219. The van der Waals surface area contributed by atoms with E-state index in [4.69, 9.17) is 5.73 Å². The molecule has 2 heterocycles. The largest absolute Gasteiger partial charge is 0.370 e. The van der Waals surface area contributed by atoms with Gasteiger partial charge in [0.05, 0.1) is 6.54 Å². The quantitative estimate of drug-likeness (QED) is 0.645. The maximum absolute atomic E-state index is 11.1. The first-order valence-electron chi connectivity index (χ1n) is 7.23. The molecule has 1 fully saturated rings. The van der Waals surface area contributed by atoms with Crippen LogP contribution in [0.3, 0.4) is 0 Å². The highest BCUT2D eigenvalue weighted by Crippen LogP contribution is 2.19. The molecule has 0 aliphatic carbocycles. The molecule has 6 nitrogen and oxygen atoms in total. The molecule has 1 atom stereocenters. The Kier molecular flexibility index (Phi) is 5.55. The molecule has 1 unspecified atom stereocenters. The second-order valence-electron chi connectivity index (χ2n) is 5.41. The van der Waals surface area contributed by atoms with Crippen LogP contribution in [0.1, 0.15) is 30.0 Å². The number of thiazole rings is 1. The van der Waals surface area contributed by atoms with Gasteiger partial charge in [-0.2, -0.15) is 0 Å². The van der Waals surface area contributed by atoms with Gasteiger partial charge < -0.3 is 16.0 Å². The second kappa shape index (κ2) is 7.40. The number of nitrogens with zero attached hydrogens (tertiary/aromatic N) is 3. The first-order valence-corrected chi connectivity index (χ1v) is 8.11. The topological polar surface area (TPSA) is 83.6 Å². The number of nitrogens with two attached hydrogens (primary N) is 1. The van der Waals surface area contributed by atoms with E-state index in [0.29, 0.717) is 18.9 Å². The van der Waals surface area contributed by atoms with Crippen molar-refractivity contribution in [1.29, 1.82) is 0 Å². The molecule has 1 aliphatic heterocycles. The molecule has 0 radical (unpaired) electrons. The van der Waals surface area contributed by atoms with Crippen molar-refractivity contribution < 1.29 is 4.79 Å². The van der Waals surface area contributed by atoms with Gasteiger partial charge in [-0.1, -0.05) is 0 Å². The predicted octanol–water partition coefficient (Wildman–Crippen LogP) is 1.11. The molecule has 1 aliphatic rings. The third kappa shape index (κ3) is 4.70. The number of hydrogen-bond donors (Lipinski definition) is 2. The molecule has 0 bridgehead atoms. The van der Waals surface area contributed by atoms with Gasteiger partial charge in [-0.15, -0.1) is 11.3 Å². The summed E-state index contributed by atoms with van der Waals surface area (Å²) < 4.78 is 0.